The SMILES string of the molecule is COS(=O)(=O)c1cc(Nc2nc(NCc3ccccc3)nc(N(Cc3ccccc3)c3ccccc3)n2)ccc1C. The molecule has 4 aromatic carbocycles. The van der Waals surface area contributed by atoms with E-state index in [1.54, 1.807) is 19.1 Å². The normalized spacial score (nSPS) is 11.2. The molecule has 0 bridgehead atoms. The summed E-state index contributed by atoms with van der Waals surface area (Å²) in [5.74, 6) is 1.04. The van der Waals surface area contributed by atoms with E-state index >= 15 is 0 Å². The van der Waals surface area contributed by atoms with Crippen molar-refractivity contribution in [2.45, 2.75) is 24.9 Å². The fourth-order valence-corrected chi connectivity index (χ4v) is 5.13. The monoisotopic (exact) mass is 566 g/mol. The van der Waals surface area contributed by atoms with Crippen LogP contribution in [0.5, 0.6) is 0 Å². The zero-order valence-corrected chi connectivity index (χ0v) is 23.5. The van der Waals surface area contributed by atoms with Crippen molar-refractivity contribution in [3.8, 4) is 0 Å². The van der Waals surface area contributed by atoms with Gasteiger partial charge in [-0.3, -0.25) is 4.18 Å². The molecule has 1 aromatic heterocycles. The maximum Gasteiger partial charge on any atom is 0.297 e. The van der Waals surface area contributed by atoms with Gasteiger partial charge < -0.3 is 15.5 Å². The van der Waals surface area contributed by atoms with Crippen LogP contribution in [0.25, 0.3) is 0 Å². The molecule has 0 atom stereocenters. The summed E-state index contributed by atoms with van der Waals surface area (Å²) in [6.45, 7) is 2.74. The summed E-state index contributed by atoms with van der Waals surface area (Å²) in [5, 5.41) is 6.47. The Morgan fingerprint density at radius 2 is 1.37 bits per heavy atom. The summed E-state index contributed by atoms with van der Waals surface area (Å²) < 4.78 is 29.7. The van der Waals surface area contributed by atoms with E-state index in [0.717, 1.165) is 23.9 Å². The fourth-order valence-electron chi connectivity index (χ4n) is 4.21. The summed E-state index contributed by atoms with van der Waals surface area (Å²) in [5.41, 5.74) is 4.12. The molecule has 2 N–H and O–H groups in total. The minimum atomic E-state index is -3.90. The van der Waals surface area contributed by atoms with E-state index in [9.17, 15) is 8.42 Å². The molecule has 1 heterocycles. The van der Waals surface area contributed by atoms with Gasteiger partial charge in [-0.15, -0.1) is 0 Å². The minimum Gasteiger partial charge on any atom is -0.350 e. The molecule has 10 heteroatoms. The van der Waals surface area contributed by atoms with Gasteiger partial charge in [0.25, 0.3) is 10.1 Å². The Labute approximate surface area is 240 Å². The topological polar surface area (TPSA) is 109 Å². The van der Waals surface area contributed by atoms with Crippen LogP contribution in [0.4, 0.5) is 29.2 Å². The summed E-state index contributed by atoms with van der Waals surface area (Å²) in [4.78, 5) is 16.2. The van der Waals surface area contributed by atoms with Crippen LogP contribution in [-0.4, -0.2) is 30.5 Å². The lowest BCUT2D eigenvalue weighted by atomic mass is 10.2. The molecule has 0 amide bonds. The van der Waals surface area contributed by atoms with E-state index in [1.165, 1.54) is 6.07 Å². The van der Waals surface area contributed by atoms with Crippen LogP contribution in [0.3, 0.4) is 0 Å². The largest absolute Gasteiger partial charge is 0.350 e. The molecule has 5 aromatic rings. The lowest BCUT2D eigenvalue weighted by Crippen LogP contribution is -2.21. The van der Waals surface area contributed by atoms with E-state index in [-0.39, 0.29) is 10.8 Å². The zero-order valence-electron chi connectivity index (χ0n) is 22.7. The lowest BCUT2D eigenvalue weighted by Gasteiger charge is -2.24. The standard InChI is InChI=1S/C31H30N6O3S/c1-23-18-19-26(20-28(23)41(38,39)40-2)33-30-34-29(32-21-24-12-6-3-7-13-24)35-31(36-30)37(27-16-10-5-11-17-27)22-25-14-8-4-9-15-25/h3-20H,21-22H2,1-2H3,(H2,32,33,34,35,36). The molecule has 0 unspecified atom stereocenters. The van der Waals surface area contributed by atoms with E-state index in [4.69, 9.17) is 14.2 Å². The fraction of sp³-hybridized carbons (Fsp3) is 0.129. The first-order chi connectivity index (χ1) is 19.9. The van der Waals surface area contributed by atoms with Crippen molar-refractivity contribution in [2.75, 3.05) is 22.6 Å². The quantitative estimate of drug-likeness (QED) is 0.180. The highest BCUT2D eigenvalue weighted by Crippen LogP contribution is 2.28. The van der Waals surface area contributed by atoms with Crippen molar-refractivity contribution in [1.82, 2.24) is 15.0 Å². The molecule has 5 rings (SSSR count). The summed E-state index contributed by atoms with van der Waals surface area (Å²) >= 11 is 0. The van der Waals surface area contributed by atoms with Crippen LogP contribution in [0, 0.1) is 6.92 Å². The number of anilines is 5. The summed E-state index contributed by atoms with van der Waals surface area (Å²) in [6.07, 6.45) is 0. The molecule has 0 spiro atoms. The van der Waals surface area contributed by atoms with E-state index in [2.05, 4.69) is 27.8 Å². The highest BCUT2D eigenvalue weighted by molar-refractivity contribution is 7.86. The first-order valence-corrected chi connectivity index (χ1v) is 14.4. The third-order valence-electron chi connectivity index (χ3n) is 6.34. The molecule has 0 radical (unpaired) electrons. The zero-order chi connectivity index (χ0) is 28.7. The molecular formula is C31H30N6O3S. The Morgan fingerprint density at radius 1 is 0.756 bits per heavy atom. The summed E-state index contributed by atoms with van der Waals surface area (Å²) in [6, 6.07) is 34.9. The summed E-state index contributed by atoms with van der Waals surface area (Å²) in [7, 11) is -2.76. The Balaban J connectivity index is 1.55. The number of nitrogens with one attached hydrogen (secondary N) is 2. The second kappa shape index (κ2) is 12.6. The van der Waals surface area contributed by atoms with Crippen molar-refractivity contribution >= 4 is 39.3 Å². The van der Waals surface area contributed by atoms with Crippen LogP contribution >= 0.6 is 0 Å². The van der Waals surface area contributed by atoms with Gasteiger partial charge in [-0.1, -0.05) is 84.9 Å². The first kappa shape index (κ1) is 27.8. The molecule has 0 aliphatic carbocycles. The van der Waals surface area contributed by atoms with Gasteiger partial charge in [-0.25, -0.2) is 0 Å². The van der Waals surface area contributed by atoms with Gasteiger partial charge >= 0.3 is 0 Å². The van der Waals surface area contributed by atoms with Gasteiger partial charge in [0.05, 0.1) is 18.6 Å². The molecule has 0 fully saturated rings. The molecule has 41 heavy (non-hydrogen) atoms. The Kier molecular flexibility index (Phi) is 8.52. The van der Waals surface area contributed by atoms with Crippen LogP contribution < -0.4 is 15.5 Å². The number of benzene rings is 4. The third-order valence-corrected chi connectivity index (χ3v) is 7.76. The molecule has 0 aliphatic heterocycles. The number of aryl methyl sites for hydroxylation is 1. The average molecular weight is 567 g/mol. The van der Waals surface area contributed by atoms with E-state index < -0.39 is 10.1 Å². The number of hydrogen-bond acceptors (Lipinski definition) is 9. The van der Waals surface area contributed by atoms with Gasteiger partial charge in [-0.05, 0) is 47.9 Å². The van der Waals surface area contributed by atoms with Gasteiger partial charge in [0, 0.05) is 17.9 Å². The van der Waals surface area contributed by atoms with Crippen LogP contribution in [0.15, 0.2) is 114 Å². The van der Waals surface area contributed by atoms with Crippen molar-refractivity contribution in [2.24, 2.45) is 0 Å². The number of para-hydroxylation sites is 1. The van der Waals surface area contributed by atoms with Crippen LogP contribution in [0.2, 0.25) is 0 Å². The molecule has 208 valence electrons. The number of rotatable bonds is 11. The van der Waals surface area contributed by atoms with Crippen molar-refractivity contribution in [1.29, 1.82) is 0 Å². The van der Waals surface area contributed by atoms with Crippen molar-refractivity contribution in [3.63, 3.8) is 0 Å². The van der Waals surface area contributed by atoms with Gasteiger partial charge in [0.2, 0.25) is 17.8 Å². The Hall–Kier alpha value is -4.80. The van der Waals surface area contributed by atoms with E-state index in [1.807, 2.05) is 83.8 Å². The number of hydrogen-bond donors (Lipinski definition) is 2. The maximum absolute atomic E-state index is 12.5. The molecule has 0 saturated carbocycles. The first-order valence-electron chi connectivity index (χ1n) is 13.0. The van der Waals surface area contributed by atoms with Gasteiger partial charge in [-0.2, -0.15) is 23.4 Å². The minimum absolute atomic E-state index is 0.0664. The molecule has 9 nitrogen and oxygen atoms in total. The molecule has 0 aliphatic rings. The van der Waals surface area contributed by atoms with Crippen molar-refractivity contribution in [3.05, 3.63) is 126 Å². The predicted molar refractivity (Wildman–Crippen MR) is 161 cm³/mol. The predicted octanol–water partition coefficient (Wildman–Crippen LogP) is 6.21. The highest BCUT2D eigenvalue weighted by atomic mass is 32.2. The highest BCUT2D eigenvalue weighted by Gasteiger charge is 2.19. The molecular weight excluding hydrogens is 536 g/mol. The lowest BCUT2D eigenvalue weighted by molar-refractivity contribution is 0.397. The van der Waals surface area contributed by atoms with Crippen LogP contribution in [0.1, 0.15) is 16.7 Å². The number of aromatic nitrogens is 3. The second-order valence-electron chi connectivity index (χ2n) is 9.26. The van der Waals surface area contributed by atoms with Crippen molar-refractivity contribution < 1.29 is 12.6 Å². The Bertz CT molecular complexity index is 1700. The molecule has 0 saturated heterocycles. The Morgan fingerprint density at radius 3 is 2.02 bits per heavy atom. The smallest absolute Gasteiger partial charge is 0.297 e. The number of nitrogens with zero attached hydrogens (tertiary/aromatic N) is 4. The maximum atomic E-state index is 12.5. The third kappa shape index (κ3) is 7.05. The van der Waals surface area contributed by atoms with E-state index in [0.29, 0.717) is 36.2 Å². The second-order valence-corrected chi connectivity index (χ2v) is 10.9. The average Bonchev–Trinajstić information content (AvgIpc) is 3.01. The van der Waals surface area contributed by atoms with Gasteiger partial charge in [0.1, 0.15) is 0 Å². The van der Waals surface area contributed by atoms with Gasteiger partial charge in [0.15, 0.2) is 0 Å². The van der Waals surface area contributed by atoms with Crippen LogP contribution in [-0.2, 0) is 27.4 Å².